The van der Waals surface area contributed by atoms with E-state index in [0.29, 0.717) is 5.92 Å². The largest absolute Gasteiger partial charge is 0.399 e. The van der Waals surface area contributed by atoms with Crippen molar-refractivity contribution in [2.24, 2.45) is 0 Å². The first kappa shape index (κ1) is 9.07. The summed E-state index contributed by atoms with van der Waals surface area (Å²) in [6, 6.07) is 7.80. The van der Waals surface area contributed by atoms with Crippen LogP contribution in [-0.2, 0) is 0 Å². The number of nitrogen functional groups attached to an aromatic ring is 1. The van der Waals surface area contributed by atoms with Crippen molar-refractivity contribution in [1.82, 2.24) is 0 Å². The molecule has 1 unspecified atom stereocenters. The molecule has 0 radical (unpaired) electrons. The van der Waals surface area contributed by atoms with E-state index in [-0.39, 0.29) is 6.61 Å². The molecule has 1 rings (SSSR count). The normalized spacial score (nSPS) is 12.8. The summed E-state index contributed by atoms with van der Waals surface area (Å²) in [5.74, 6) is 0.413. The van der Waals surface area contributed by atoms with Crippen molar-refractivity contribution >= 4 is 5.69 Å². The standard InChI is InChI=1S/C10H15NO/c1-8(6-7-12)9-2-4-10(11)5-3-9/h2-5,8,12H,6-7,11H2,1H3. The molecule has 1 aromatic carbocycles. The SMILES string of the molecule is CC(CCO)c1ccc(N)cc1. The molecule has 0 spiro atoms. The van der Waals surface area contributed by atoms with Gasteiger partial charge in [0, 0.05) is 12.3 Å². The molecule has 0 bridgehead atoms. The van der Waals surface area contributed by atoms with Crippen LogP contribution in [0.3, 0.4) is 0 Å². The predicted molar refractivity (Wildman–Crippen MR) is 51.0 cm³/mol. The number of nitrogens with two attached hydrogens (primary N) is 1. The van der Waals surface area contributed by atoms with Crippen molar-refractivity contribution in [3.8, 4) is 0 Å². The molecule has 2 nitrogen and oxygen atoms in total. The van der Waals surface area contributed by atoms with E-state index in [9.17, 15) is 0 Å². The van der Waals surface area contributed by atoms with Crippen LogP contribution < -0.4 is 5.73 Å². The van der Waals surface area contributed by atoms with Gasteiger partial charge >= 0.3 is 0 Å². The summed E-state index contributed by atoms with van der Waals surface area (Å²) in [6.45, 7) is 2.34. The Labute approximate surface area is 73.0 Å². The molecule has 12 heavy (non-hydrogen) atoms. The van der Waals surface area contributed by atoms with Crippen LogP contribution in [0.25, 0.3) is 0 Å². The first-order valence-electron chi connectivity index (χ1n) is 4.20. The number of aliphatic hydroxyl groups excluding tert-OH is 1. The van der Waals surface area contributed by atoms with Gasteiger partial charge in [-0.1, -0.05) is 19.1 Å². The topological polar surface area (TPSA) is 46.2 Å². The van der Waals surface area contributed by atoms with Crippen LogP contribution in [0.4, 0.5) is 5.69 Å². The fourth-order valence-corrected chi connectivity index (χ4v) is 1.18. The van der Waals surface area contributed by atoms with E-state index in [4.69, 9.17) is 10.8 Å². The average Bonchev–Trinajstić information content (AvgIpc) is 2.06. The Morgan fingerprint density at radius 1 is 1.33 bits per heavy atom. The van der Waals surface area contributed by atoms with Crippen LogP contribution in [0, 0.1) is 0 Å². The zero-order valence-electron chi connectivity index (χ0n) is 7.33. The minimum atomic E-state index is 0.242. The molecule has 0 fully saturated rings. The lowest BCUT2D eigenvalue weighted by atomic mass is 9.98. The van der Waals surface area contributed by atoms with Crippen LogP contribution in [0.1, 0.15) is 24.8 Å². The number of anilines is 1. The second-order valence-electron chi connectivity index (χ2n) is 3.08. The Bertz CT molecular complexity index is 230. The minimum absolute atomic E-state index is 0.242. The molecule has 0 aliphatic carbocycles. The lowest BCUT2D eigenvalue weighted by Gasteiger charge is -2.09. The van der Waals surface area contributed by atoms with E-state index in [1.165, 1.54) is 5.56 Å². The van der Waals surface area contributed by atoms with Crippen LogP contribution in [0.5, 0.6) is 0 Å². The molecule has 0 aliphatic rings. The quantitative estimate of drug-likeness (QED) is 0.670. The molecular weight excluding hydrogens is 150 g/mol. The van der Waals surface area contributed by atoms with Gasteiger partial charge in [0.1, 0.15) is 0 Å². The van der Waals surface area contributed by atoms with Gasteiger partial charge in [-0.2, -0.15) is 0 Å². The Balaban J connectivity index is 2.68. The molecule has 3 N–H and O–H groups in total. The molecule has 1 aromatic rings. The van der Waals surface area contributed by atoms with Crippen LogP contribution in [0.15, 0.2) is 24.3 Å². The van der Waals surface area contributed by atoms with E-state index >= 15 is 0 Å². The highest BCUT2D eigenvalue weighted by Gasteiger charge is 2.03. The summed E-state index contributed by atoms with van der Waals surface area (Å²) >= 11 is 0. The summed E-state index contributed by atoms with van der Waals surface area (Å²) in [5.41, 5.74) is 7.57. The number of rotatable bonds is 3. The lowest BCUT2D eigenvalue weighted by Crippen LogP contribution is -1.96. The van der Waals surface area contributed by atoms with Crippen molar-refractivity contribution in [3.63, 3.8) is 0 Å². The Morgan fingerprint density at radius 3 is 2.42 bits per heavy atom. The third-order valence-corrected chi connectivity index (χ3v) is 2.07. The number of hydrogen-bond donors (Lipinski definition) is 2. The number of aliphatic hydroxyl groups is 1. The van der Waals surface area contributed by atoms with Gasteiger partial charge in [0.25, 0.3) is 0 Å². The van der Waals surface area contributed by atoms with Crippen LogP contribution in [0.2, 0.25) is 0 Å². The van der Waals surface area contributed by atoms with E-state index in [0.717, 1.165) is 12.1 Å². The predicted octanol–water partition coefficient (Wildman–Crippen LogP) is 1.75. The smallest absolute Gasteiger partial charge is 0.0436 e. The summed E-state index contributed by atoms with van der Waals surface area (Å²) in [4.78, 5) is 0. The van der Waals surface area contributed by atoms with Gasteiger partial charge in [0.05, 0.1) is 0 Å². The monoisotopic (exact) mass is 165 g/mol. The Hall–Kier alpha value is -1.02. The summed E-state index contributed by atoms with van der Waals surface area (Å²) in [5, 5.41) is 8.73. The van der Waals surface area contributed by atoms with Gasteiger partial charge in [-0.25, -0.2) is 0 Å². The fraction of sp³-hybridized carbons (Fsp3) is 0.400. The zero-order chi connectivity index (χ0) is 8.97. The highest BCUT2D eigenvalue weighted by molar-refractivity contribution is 5.40. The average molecular weight is 165 g/mol. The Kier molecular flexibility index (Phi) is 3.11. The van der Waals surface area contributed by atoms with Crippen molar-refractivity contribution in [3.05, 3.63) is 29.8 Å². The molecule has 0 saturated carbocycles. The maximum Gasteiger partial charge on any atom is 0.0436 e. The molecule has 1 atom stereocenters. The van der Waals surface area contributed by atoms with Gasteiger partial charge in [0.15, 0.2) is 0 Å². The maximum absolute atomic E-state index is 8.73. The minimum Gasteiger partial charge on any atom is -0.399 e. The second kappa shape index (κ2) is 4.12. The van der Waals surface area contributed by atoms with E-state index in [1.807, 2.05) is 24.3 Å². The molecule has 66 valence electrons. The van der Waals surface area contributed by atoms with Gasteiger partial charge in [-0.3, -0.25) is 0 Å². The van der Waals surface area contributed by atoms with Gasteiger partial charge in [-0.15, -0.1) is 0 Å². The molecule has 0 aliphatic heterocycles. The summed E-state index contributed by atoms with van der Waals surface area (Å²) < 4.78 is 0. The lowest BCUT2D eigenvalue weighted by molar-refractivity contribution is 0.278. The Morgan fingerprint density at radius 2 is 1.92 bits per heavy atom. The highest BCUT2D eigenvalue weighted by Crippen LogP contribution is 2.19. The maximum atomic E-state index is 8.73. The van der Waals surface area contributed by atoms with Gasteiger partial charge < -0.3 is 10.8 Å². The summed E-state index contributed by atoms with van der Waals surface area (Å²) in [7, 11) is 0. The van der Waals surface area contributed by atoms with Crippen LogP contribution >= 0.6 is 0 Å². The third-order valence-electron chi connectivity index (χ3n) is 2.07. The molecule has 0 heterocycles. The summed E-state index contributed by atoms with van der Waals surface area (Å²) in [6.07, 6.45) is 0.809. The van der Waals surface area contributed by atoms with Crippen molar-refractivity contribution in [1.29, 1.82) is 0 Å². The molecule has 2 heteroatoms. The molecular formula is C10H15NO. The van der Waals surface area contributed by atoms with Crippen LogP contribution in [-0.4, -0.2) is 11.7 Å². The number of benzene rings is 1. The third kappa shape index (κ3) is 2.24. The molecule has 0 amide bonds. The first-order valence-corrected chi connectivity index (χ1v) is 4.20. The number of hydrogen-bond acceptors (Lipinski definition) is 2. The van der Waals surface area contributed by atoms with Gasteiger partial charge in [0.2, 0.25) is 0 Å². The second-order valence-corrected chi connectivity index (χ2v) is 3.08. The van der Waals surface area contributed by atoms with Crippen molar-refractivity contribution < 1.29 is 5.11 Å². The van der Waals surface area contributed by atoms with Gasteiger partial charge in [-0.05, 0) is 30.0 Å². The highest BCUT2D eigenvalue weighted by atomic mass is 16.3. The molecule has 0 saturated heterocycles. The van der Waals surface area contributed by atoms with E-state index in [2.05, 4.69) is 6.92 Å². The van der Waals surface area contributed by atoms with Crippen molar-refractivity contribution in [2.75, 3.05) is 12.3 Å². The van der Waals surface area contributed by atoms with E-state index in [1.54, 1.807) is 0 Å². The zero-order valence-corrected chi connectivity index (χ0v) is 7.33. The van der Waals surface area contributed by atoms with Crippen molar-refractivity contribution in [2.45, 2.75) is 19.3 Å². The fourth-order valence-electron chi connectivity index (χ4n) is 1.18. The van der Waals surface area contributed by atoms with E-state index < -0.39 is 0 Å². The first-order chi connectivity index (χ1) is 5.74. The molecule has 0 aromatic heterocycles.